The summed E-state index contributed by atoms with van der Waals surface area (Å²) in [5.41, 5.74) is 3.04. The van der Waals surface area contributed by atoms with Crippen LogP contribution >= 0.6 is 10.0 Å². The molecule has 0 bridgehead atoms. The van der Waals surface area contributed by atoms with Gasteiger partial charge < -0.3 is 9.80 Å². The molecule has 6 heteroatoms. The molecule has 2 unspecified atom stereocenters. The zero-order chi connectivity index (χ0) is 25.2. The highest BCUT2D eigenvalue weighted by atomic mass is 32.3. The molecule has 0 radical (unpaired) electrons. The summed E-state index contributed by atoms with van der Waals surface area (Å²) >= 11 is 0. The fraction of sp³-hybridized carbons (Fsp3) is 0.258. The first-order valence-electron chi connectivity index (χ1n) is 12.9. The third-order valence-electron chi connectivity index (χ3n) is 8.80. The van der Waals surface area contributed by atoms with Crippen LogP contribution in [0.4, 0.5) is 5.69 Å². The highest BCUT2D eigenvalue weighted by Crippen LogP contribution is 2.74. The molecule has 4 atom stereocenters. The second-order valence-corrected chi connectivity index (χ2v) is 13.8. The number of pyridine rings is 3. The van der Waals surface area contributed by atoms with Crippen LogP contribution < -0.4 is 4.90 Å². The molecular formula is C31H31N5S. The van der Waals surface area contributed by atoms with Crippen molar-refractivity contribution in [3.8, 4) is 0 Å². The van der Waals surface area contributed by atoms with Gasteiger partial charge >= 0.3 is 0 Å². The van der Waals surface area contributed by atoms with Crippen molar-refractivity contribution in [2.45, 2.75) is 51.4 Å². The summed E-state index contributed by atoms with van der Waals surface area (Å²) < 4.78 is 0. The largest absolute Gasteiger partial charge is 0.359 e. The van der Waals surface area contributed by atoms with Crippen LogP contribution in [0, 0.1) is 11.8 Å². The summed E-state index contributed by atoms with van der Waals surface area (Å²) in [6.45, 7) is 4.90. The molecule has 1 fully saturated rings. The fourth-order valence-electron chi connectivity index (χ4n) is 6.92. The summed E-state index contributed by atoms with van der Waals surface area (Å²) in [6, 6.07) is 20.4. The lowest BCUT2D eigenvalue weighted by atomic mass is 9.90. The van der Waals surface area contributed by atoms with Gasteiger partial charge in [-0.15, -0.1) is 10.0 Å². The number of aromatic nitrogens is 3. The minimum absolute atomic E-state index is 0.230. The van der Waals surface area contributed by atoms with Crippen molar-refractivity contribution in [3.63, 3.8) is 0 Å². The molecule has 5 heterocycles. The first kappa shape index (κ1) is 22.5. The van der Waals surface area contributed by atoms with Crippen molar-refractivity contribution in [1.82, 2.24) is 19.9 Å². The normalized spacial score (nSPS) is 26.2. The van der Waals surface area contributed by atoms with Crippen LogP contribution in [0.1, 0.15) is 25.8 Å². The Balaban J connectivity index is 1.54. The van der Waals surface area contributed by atoms with E-state index in [1.807, 2.05) is 37.2 Å². The monoisotopic (exact) mass is 505 g/mol. The van der Waals surface area contributed by atoms with E-state index in [2.05, 4.69) is 113 Å². The van der Waals surface area contributed by atoms with E-state index in [0.717, 1.165) is 0 Å². The predicted molar refractivity (Wildman–Crippen MR) is 148 cm³/mol. The average Bonchev–Trinajstić information content (AvgIpc) is 3.52. The highest BCUT2D eigenvalue weighted by Gasteiger charge is 2.60. The van der Waals surface area contributed by atoms with Crippen molar-refractivity contribution < 1.29 is 0 Å². The van der Waals surface area contributed by atoms with E-state index in [1.165, 1.54) is 37.3 Å². The number of nitrogens with zero attached hydrogens (tertiary/aromatic N) is 5. The molecule has 4 aromatic rings. The van der Waals surface area contributed by atoms with Crippen LogP contribution in [0.2, 0.25) is 0 Å². The van der Waals surface area contributed by atoms with Gasteiger partial charge in [-0.25, -0.2) is 0 Å². The maximum absolute atomic E-state index is 4.37. The second kappa shape index (κ2) is 8.18. The van der Waals surface area contributed by atoms with Crippen molar-refractivity contribution in [3.05, 3.63) is 110 Å². The van der Waals surface area contributed by atoms with Crippen LogP contribution in [0.3, 0.4) is 0 Å². The maximum Gasteiger partial charge on any atom is 0.108 e. The molecule has 0 amide bonds. The van der Waals surface area contributed by atoms with E-state index in [1.54, 1.807) is 0 Å². The van der Waals surface area contributed by atoms with Gasteiger partial charge in [-0.1, -0.05) is 19.9 Å². The van der Waals surface area contributed by atoms with Gasteiger partial charge in [-0.05, 0) is 77.8 Å². The fourth-order valence-corrected chi connectivity index (χ4v) is 10.7. The second-order valence-electron chi connectivity index (χ2n) is 10.7. The number of fused-ring (bicyclic) bond motifs is 5. The molecule has 37 heavy (non-hydrogen) atoms. The van der Waals surface area contributed by atoms with E-state index < -0.39 is 10.0 Å². The lowest BCUT2D eigenvalue weighted by Crippen LogP contribution is -2.42. The first-order valence-corrected chi connectivity index (χ1v) is 14.6. The van der Waals surface area contributed by atoms with Gasteiger partial charge in [0.05, 0.1) is 0 Å². The third-order valence-corrected chi connectivity index (χ3v) is 12.7. The Morgan fingerprint density at radius 1 is 0.757 bits per heavy atom. The van der Waals surface area contributed by atoms with Gasteiger partial charge in [0.15, 0.2) is 0 Å². The van der Waals surface area contributed by atoms with Crippen LogP contribution in [-0.4, -0.2) is 33.1 Å². The van der Waals surface area contributed by atoms with E-state index in [9.17, 15) is 0 Å². The molecule has 1 aliphatic carbocycles. The maximum atomic E-state index is 4.37. The zero-order valence-electron chi connectivity index (χ0n) is 21.4. The Hall–Kier alpha value is -3.64. The lowest BCUT2D eigenvalue weighted by Gasteiger charge is -2.42. The Labute approximate surface area is 220 Å². The standard InChI is InChI=1S/C31H31N5S/c1-22-28-21-31(28,2)27-5-4-26(20-29(27)36-19-18-35(3)30(22)36)37(23-6-12-32-13-7-23,24-8-14-33-15-9-24)25-10-16-34-17-11-25/h4-20,22,28,30H,21H2,1-3H3/t22-,28-,30?,31?/m1/s1. The molecule has 0 spiro atoms. The van der Waals surface area contributed by atoms with Gasteiger partial charge in [-0.2, -0.15) is 0 Å². The summed E-state index contributed by atoms with van der Waals surface area (Å²) in [4.78, 5) is 23.1. The van der Waals surface area contributed by atoms with Crippen molar-refractivity contribution in [2.24, 2.45) is 11.8 Å². The van der Waals surface area contributed by atoms with E-state index in [0.29, 0.717) is 18.0 Å². The van der Waals surface area contributed by atoms with Gasteiger partial charge in [-0.3, -0.25) is 15.0 Å². The Morgan fingerprint density at radius 3 is 1.84 bits per heavy atom. The summed E-state index contributed by atoms with van der Waals surface area (Å²) in [6.07, 6.45) is 17.6. The minimum Gasteiger partial charge on any atom is -0.359 e. The van der Waals surface area contributed by atoms with Crippen LogP contribution in [0.5, 0.6) is 0 Å². The number of benzene rings is 1. The van der Waals surface area contributed by atoms with Crippen LogP contribution in [-0.2, 0) is 5.41 Å². The highest BCUT2D eigenvalue weighted by molar-refractivity contribution is 8.34. The molecule has 3 aliphatic rings. The molecule has 2 aliphatic heterocycles. The molecule has 1 aromatic carbocycles. The molecule has 5 nitrogen and oxygen atoms in total. The quantitative estimate of drug-likeness (QED) is 0.309. The van der Waals surface area contributed by atoms with E-state index >= 15 is 0 Å². The molecule has 0 N–H and O–H groups in total. The molecule has 0 saturated heterocycles. The summed E-state index contributed by atoms with van der Waals surface area (Å²) in [7, 11) is 0.394. The van der Waals surface area contributed by atoms with Crippen LogP contribution in [0.25, 0.3) is 0 Å². The summed E-state index contributed by atoms with van der Waals surface area (Å²) in [5, 5.41) is 0. The molecular weight excluding hydrogens is 474 g/mol. The molecule has 186 valence electrons. The summed E-state index contributed by atoms with van der Waals surface area (Å²) in [5.74, 6) is 1.28. The van der Waals surface area contributed by atoms with Crippen LogP contribution in [0.15, 0.2) is 124 Å². The van der Waals surface area contributed by atoms with E-state index in [4.69, 9.17) is 0 Å². The molecule has 1 saturated carbocycles. The Bertz CT molecular complexity index is 1380. The van der Waals surface area contributed by atoms with Crippen molar-refractivity contribution >= 4 is 15.7 Å². The lowest BCUT2D eigenvalue weighted by molar-refractivity contribution is 0.243. The number of hydrogen-bond acceptors (Lipinski definition) is 5. The number of rotatable bonds is 4. The Kier molecular flexibility index (Phi) is 4.99. The SMILES string of the molecule is C[C@H]1C2N(C)C=CN2c2cc(S(c3ccncc3)(c3ccncc3)c3ccncc3)ccc2C2(C)C[C@H]12. The number of anilines is 1. The number of hydrogen-bond donors (Lipinski definition) is 0. The predicted octanol–water partition coefficient (Wildman–Crippen LogP) is 6.69. The minimum atomic E-state index is -1.82. The smallest absolute Gasteiger partial charge is 0.108 e. The van der Waals surface area contributed by atoms with Gasteiger partial charge in [0, 0.05) is 81.9 Å². The Morgan fingerprint density at radius 2 is 1.30 bits per heavy atom. The molecule has 7 rings (SSSR count). The van der Waals surface area contributed by atoms with Gasteiger partial charge in [0.1, 0.15) is 6.17 Å². The van der Waals surface area contributed by atoms with Gasteiger partial charge in [0.25, 0.3) is 0 Å². The molecule has 3 aromatic heterocycles. The van der Waals surface area contributed by atoms with Gasteiger partial charge in [0.2, 0.25) is 0 Å². The zero-order valence-corrected chi connectivity index (χ0v) is 22.2. The first-order chi connectivity index (χ1) is 18.0. The topological polar surface area (TPSA) is 45.2 Å². The van der Waals surface area contributed by atoms with Crippen molar-refractivity contribution in [2.75, 3.05) is 11.9 Å². The third kappa shape index (κ3) is 3.15. The van der Waals surface area contributed by atoms with Crippen molar-refractivity contribution in [1.29, 1.82) is 0 Å². The average molecular weight is 506 g/mol. The van der Waals surface area contributed by atoms with E-state index in [-0.39, 0.29) is 5.41 Å².